The number of benzene rings is 5. The van der Waals surface area contributed by atoms with E-state index in [1.807, 2.05) is 80.6 Å². The molecule has 220 valence electrons. The van der Waals surface area contributed by atoms with E-state index < -0.39 is 16.0 Å². The molecule has 5 aromatic rings. The van der Waals surface area contributed by atoms with E-state index in [9.17, 15) is 18.0 Å². The first kappa shape index (κ1) is 29.9. The summed E-state index contributed by atoms with van der Waals surface area (Å²) in [6.07, 6.45) is 1.40. The van der Waals surface area contributed by atoms with Crippen LogP contribution >= 0.6 is 0 Å². The van der Waals surface area contributed by atoms with Gasteiger partial charge in [0.05, 0.1) is 16.0 Å². The number of fused-ring (bicyclic) bond motifs is 2. The molecule has 0 saturated carbocycles. The van der Waals surface area contributed by atoms with Crippen molar-refractivity contribution in [3.8, 4) is 5.75 Å². The first-order valence-corrected chi connectivity index (χ1v) is 15.9. The summed E-state index contributed by atoms with van der Waals surface area (Å²) in [6, 6.07) is 30.5. The number of sulfonamides is 1. The predicted octanol–water partition coefficient (Wildman–Crippen LogP) is 6.95. The summed E-state index contributed by atoms with van der Waals surface area (Å²) >= 11 is 0. The first-order chi connectivity index (χ1) is 20.8. The van der Waals surface area contributed by atoms with Gasteiger partial charge in [0.25, 0.3) is 5.91 Å². The van der Waals surface area contributed by atoms with Gasteiger partial charge in [-0.3, -0.25) is 4.79 Å². The number of nitrogens with zero attached hydrogens (tertiary/aromatic N) is 1. The molecule has 7 nitrogen and oxygen atoms in total. The Morgan fingerprint density at radius 1 is 0.744 bits per heavy atom. The van der Waals surface area contributed by atoms with Crippen LogP contribution in [0.25, 0.3) is 21.5 Å². The lowest BCUT2D eigenvalue weighted by molar-refractivity contribution is 0.0732. The van der Waals surface area contributed by atoms with Crippen LogP contribution in [0.4, 0.5) is 0 Å². The van der Waals surface area contributed by atoms with E-state index >= 15 is 0 Å². The van der Waals surface area contributed by atoms with Crippen LogP contribution < -0.4 is 10.1 Å². The Labute approximate surface area is 252 Å². The molecule has 0 atom stereocenters. The number of esters is 1. The van der Waals surface area contributed by atoms with Gasteiger partial charge in [0.1, 0.15) is 5.75 Å². The Bertz CT molecular complexity index is 1870. The lowest BCUT2D eigenvalue weighted by atomic mass is 10.0. The number of hydrogen-bond donors (Lipinski definition) is 1. The fourth-order valence-corrected chi connectivity index (χ4v) is 6.74. The third kappa shape index (κ3) is 6.61. The third-order valence-corrected chi connectivity index (χ3v) is 9.20. The number of ether oxygens (including phenoxy) is 1. The van der Waals surface area contributed by atoms with Crippen molar-refractivity contribution in [1.82, 2.24) is 9.62 Å². The van der Waals surface area contributed by atoms with E-state index in [2.05, 4.69) is 5.32 Å². The SMILES string of the molecule is CCCN(CCC)S(=O)(=O)c1ccc(C(=O)Oc2cc3ccccc3cc2C(=O)NCc2cccc3ccccc23)cc1. The maximum absolute atomic E-state index is 13.5. The molecule has 5 aromatic carbocycles. The molecule has 8 heteroatoms. The van der Waals surface area contributed by atoms with Crippen molar-refractivity contribution >= 4 is 43.4 Å². The minimum Gasteiger partial charge on any atom is -0.422 e. The fourth-order valence-electron chi connectivity index (χ4n) is 5.12. The number of carbonyl (C=O) groups excluding carboxylic acids is 2. The van der Waals surface area contributed by atoms with E-state index in [0.29, 0.717) is 32.5 Å². The summed E-state index contributed by atoms with van der Waals surface area (Å²) in [6.45, 7) is 5.01. The molecule has 0 unspecified atom stereocenters. The van der Waals surface area contributed by atoms with E-state index in [1.54, 1.807) is 12.1 Å². The van der Waals surface area contributed by atoms with Crippen LogP contribution in [-0.2, 0) is 16.6 Å². The van der Waals surface area contributed by atoms with Crippen LogP contribution in [0, 0.1) is 0 Å². The second-order valence-electron chi connectivity index (χ2n) is 10.3. The molecule has 5 rings (SSSR count). The summed E-state index contributed by atoms with van der Waals surface area (Å²) in [5.41, 5.74) is 1.37. The van der Waals surface area contributed by atoms with Crippen molar-refractivity contribution < 1.29 is 22.7 Å². The second kappa shape index (κ2) is 13.2. The van der Waals surface area contributed by atoms with Crippen LogP contribution in [-0.4, -0.2) is 37.7 Å². The molecule has 0 aliphatic rings. The molecule has 0 radical (unpaired) electrons. The normalized spacial score (nSPS) is 11.6. The van der Waals surface area contributed by atoms with Crippen molar-refractivity contribution in [1.29, 1.82) is 0 Å². The number of amides is 1. The Morgan fingerprint density at radius 3 is 2.02 bits per heavy atom. The highest BCUT2D eigenvalue weighted by atomic mass is 32.2. The average molecular weight is 595 g/mol. The minimum atomic E-state index is -3.68. The van der Waals surface area contributed by atoms with Crippen LogP contribution in [0.15, 0.2) is 108 Å². The summed E-state index contributed by atoms with van der Waals surface area (Å²) in [4.78, 5) is 26.8. The maximum Gasteiger partial charge on any atom is 0.343 e. The lowest BCUT2D eigenvalue weighted by Gasteiger charge is -2.21. The highest BCUT2D eigenvalue weighted by Crippen LogP contribution is 2.28. The van der Waals surface area contributed by atoms with Gasteiger partial charge in [-0.1, -0.05) is 80.6 Å². The number of nitrogens with one attached hydrogen (secondary N) is 1. The van der Waals surface area contributed by atoms with Crippen molar-refractivity contribution in [3.63, 3.8) is 0 Å². The molecule has 1 N–H and O–H groups in total. The molecule has 0 bridgehead atoms. The maximum atomic E-state index is 13.5. The predicted molar refractivity (Wildman–Crippen MR) is 170 cm³/mol. The zero-order valence-electron chi connectivity index (χ0n) is 24.2. The summed E-state index contributed by atoms with van der Waals surface area (Å²) in [7, 11) is -3.68. The molecule has 1 amide bonds. The Hall–Kier alpha value is -4.53. The topological polar surface area (TPSA) is 92.8 Å². The summed E-state index contributed by atoms with van der Waals surface area (Å²) in [5.74, 6) is -0.955. The average Bonchev–Trinajstić information content (AvgIpc) is 3.03. The van der Waals surface area contributed by atoms with Gasteiger partial charge in [0, 0.05) is 19.6 Å². The molecule has 0 saturated heterocycles. The van der Waals surface area contributed by atoms with Crippen LogP contribution in [0.1, 0.15) is 53.0 Å². The molecular weight excluding hydrogens is 560 g/mol. The number of hydrogen-bond acceptors (Lipinski definition) is 5. The molecule has 0 aliphatic heterocycles. The van der Waals surface area contributed by atoms with Gasteiger partial charge in [-0.05, 0) is 76.3 Å². The van der Waals surface area contributed by atoms with Crippen molar-refractivity contribution in [3.05, 3.63) is 120 Å². The molecular formula is C35H34N2O5S. The van der Waals surface area contributed by atoms with Gasteiger partial charge < -0.3 is 10.1 Å². The van der Waals surface area contributed by atoms with Gasteiger partial charge >= 0.3 is 5.97 Å². The Balaban J connectivity index is 1.39. The van der Waals surface area contributed by atoms with Gasteiger partial charge in [-0.25, -0.2) is 13.2 Å². The van der Waals surface area contributed by atoms with Gasteiger partial charge in [-0.15, -0.1) is 0 Å². The molecule has 0 heterocycles. The smallest absolute Gasteiger partial charge is 0.343 e. The Kier molecular flexibility index (Phi) is 9.19. The molecule has 0 aliphatic carbocycles. The second-order valence-corrected chi connectivity index (χ2v) is 12.3. The van der Waals surface area contributed by atoms with E-state index in [4.69, 9.17) is 4.74 Å². The minimum absolute atomic E-state index is 0.116. The zero-order chi connectivity index (χ0) is 30.4. The largest absolute Gasteiger partial charge is 0.422 e. The molecule has 0 aromatic heterocycles. The fraction of sp³-hybridized carbons (Fsp3) is 0.200. The first-order valence-electron chi connectivity index (χ1n) is 14.4. The van der Waals surface area contributed by atoms with Gasteiger partial charge in [0.15, 0.2) is 0 Å². The number of carbonyl (C=O) groups is 2. The third-order valence-electron chi connectivity index (χ3n) is 7.29. The van der Waals surface area contributed by atoms with Crippen LogP contribution in [0.2, 0.25) is 0 Å². The molecule has 0 spiro atoms. The van der Waals surface area contributed by atoms with Crippen molar-refractivity contribution in [2.75, 3.05) is 13.1 Å². The van der Waals surface area contributed by atoms with E-state index in [0.717, 1.165) is 27.1 Å². The van der Waals surface area contributed by atoms with E-state index in [1.165, 1.54) is 28.6 Å². The van der Waals surface area contributed by atoms with Gasteiger partial charge in [0.2, 0.25) is 10.0 Å². The summed E-state index contributed by atoms with van der Waals surface area (Å²) in [5, 5.41) is 6.75. The van der Waals surface area contributed by atoms with Crippen LogP contribution in [0.5, 0.6) is 5.75 Å². The monoisotopic (exact) mass is 594 g/mol. The lowest BCUT2D eigenvalue weighted by Crippen LogP contribution is -2.32. The van der Waals surface area contributed by atoms with Gasteiger partial charge in [-0.2, -0.15) is 4.31 Å². The standard InChI is InChI=1S/C35H34N2O5S/c1-3-20-37(21-4-2)43(40,41)30-18-16-26(17-19-30)35(39)42-33-23-28-12-6-5-11-27(28)22-32(33)34(38)36-24-29-14-9-13-25-10-7-8-15-31(25)29/h5-19,22-23H,3-4,20-21,24H2,1-2H3,(H,36,38). The zero-order valence-corrected chi connectivity index (χ0v) is 25.1. The molecule has 43 heavy (non-hydrogen) atoms. The Morgan fingerprint density at radius 2 is 1.35 bits per heavy atom. The highest BCUT2D eigenvalue weighted by molar-refractivity contribution is 7.89. The van der Waals surface area contributed by atoms with Crippen molar-refractivity contribution in [2.24, 2.45) is 0 Å². The van der Waals surface area contributed by atoms with E-state index in [-0.39, 0.29) is 27.7 Å². The number of rotatable bonds is 11. The molecule has 0 fully saturated rings. The highest BCUT2D eigenvalue weighted by Gasteiger charge is 2.24. The van der Waals surface area contributed by atoms with Crippen LogP contribution in [0.3, 0.4) is 0 Å². The summed E-state index contributed by atoms with van der Waals surface area (Å²) < 4.78 is 33.5. The quantitative estimate of drug-likeness (QED) is 0.132. The van der Waals surface area contributed by atoms with Crippen molar-refractivity contribution in [2.45, 2.75) is 38.1 Å².